The summed E-state index contributed by atoms with van der Waals surface area (Å²) in [5, 5.41) is 11.5. The van der Waals surface area contributed by atoms with Crippen LogP contribution in [-0.2, 0) is 29.6 Å². The Hall–Kier alpha value is -1.98. The zero-order chi connectivity index (χ0) is 14.3. The summed E-state index contributed by atoms with van der Waals surface area (Å²) in [6.45, 7) is 0. The van der Waals surface area contributed by atoms with E-state index in [1.165, 1.54) is 5.56 Å². The van der Waals surface area contributed by atoms with E-state index in [2.05, 4.69) is 4.98 Å². The second-order valence-corrected chi connectivity index (χ2v) is 5.64. The van der Waals surface area contributed by atoms with Gasteiger partial charge in [0, 0.05) is 17.0 Å². The molecule has 1 heterocycles. The predicted octanol–water partition coefficient (Wildman–Crippen LogP) is 1.25. The highest BCUT2D eigenvalue weighted by Gasteiger charge is 2.55. The number of amides is 1. The Labute approximate surface area is 116 Å². The Bertz CT molecular complexity index is 584. The lowest BCUT2D eigenvalue weighted by Crippen LogP contribution is -2.50. The maximum absolute atomic E-state index is 11.8. The van der Waals surface area contributed by atoms with Crippen molar-refractivity contribution >= 4 is 5.91 Å². The third-order valence-electron chi connectivity index (χ3n) is 4.48. The number of aromatic nitrogens is 1. The smallest absolute Gasteiger partial charge is 0.339 e. The molecule has 0 saturated heterocycles. The van der Waals surface area contributed by atoms with Crippen molar-refractivity contribution in [1.29, 1.82) is 0 Å². The average Bonchev–Trinajstić information content (AvgIpc) is 2.43. The molecule has 3 rings (SSSR count). The second kappa shape index (κ2) is 4.54. The molecule has 0 spiro atoms. The molecule has 1 aromatic heterocycles. The molecule has 0 aliphatic heterocycles. The van der Waals surface area contributed by atoms with Gasteiger partial charge in [0.15, 0.2) is 0 Å². The summed E-state index contributed by atoms with van der Waals surface area (Å²) in [4.78, 5) is 27.3. The van der Waals surface area contributed by atoms with Crippen molar-refractivity contribution in [1.82, 2.24) is 4.98 Å². The van der Waals surface area contributed by atoms with E-state index in [9.17, 15) is 14.9 Å². The van der Waals surface area contributed by atoms with Gasteiger partial charge in [-0.05, 0) is 49.7 Å². The van der Waals surface area contributed by atoms with Gasteiger partial charge in [-0.3, -0.25) is 14.9 Å². The molecule has 0 saturated carbocycles. The molecule has 106 valence electrons. The number of primary amides is 1. The highest BCUT2D eigenvalue weighted by Crippen LogP contribution is 2.38. The van der Waals surface area contributed by atoms with Gasteiger partial charge in [0.2, 0.25) is 0 Å². The minimum atomic E-state index is -1.83. The maximum atomic E-state index is 11.8. The van der Waals surface area contributed by atoms with Gasteiger partial charge in [0.1, 0.15) is 5.69 Å². The van der Waals surface area contributed by atoms with Gasteiger partial charge in [-0.1, -0.05) is 6.07 Å². The van der Waals surface area contributed by atoms with Gasteiger partial charge in [-0.25, -0.2) is 4.98 Å². The van der Waals surface area contributed by atoms with Crippen LogP contribution in [0.3, 0.4) is 0 Å². The van der Waals surface area contributed by atoms with Gasteiger partial charge in [0.25, 0.3) is 0 Å². The fraction of sp³-hybridized carbons (Fsp3) is 0.571. The SMILES string of the molecule is NC(=O)[C@@]1([N+](=O)[O-])CCCc2cc3c(nc21)CCCC3. The van der Waals surface area contributed by atoms with E-state index in [0.717, 1.165) is 43.4 Å². The number of pyridine rings is 1. The van der Waals surface area contributed by atoms with Crippen LogP contribution in [0.25, 0.3) is 0 Å². The number of carbonyl (C=O) groups is 1. The first-order valence-corrected chi connectivity index (χ1v) is 7.02. The quantitative estimate of drug-likeness (QED) is 0.648. The van der Waals surface area contributed by atoms with Gasteiger partial charge in [-0.2, -0.15) is 0 Å². The number of nitrogens with zero attached hydrogens (tertiary/aromatic N) is 2. The molecule has 0 fully saturated rings. The molecular formula is C14H17N3O3. The first-order valence-electron chi connectivity index (χ1n) is 7.02. The van der Waals surface area contributed by atoms with Crippen molar-refractivity contribution in [3.05, 3.63) is 38.7 Å². The zero-order valence-corrected chi connectivity index (χ0v) is 11.2. The van der Waals surface area contributed by atoms with Crippen molar-refractivity contribution in [3.8, 4) is 0 Å². The summed E-state index contributed by atoms with van der Waals surface area (Å²) in [5.74, 6) is -0.897. The number of hydrogen-bond donors (Lipinski definition) is 1. The number of fused-ring (bicyclic) bond motifs is 2. The third kappa shape index (κ3) is 1.71. The molecule has 20 heavy (non-hydrogen) atoms. The molecule has 2 aliphatic carbocycles. The van der Waals surface area contributed by atoms with E-state index >= 15 is 0 Å². The fourth-order valence-electron chi connectivity index (χ4n) is 3.39. The molecule has 1 aromatic rings. The summed E-state index contributed by atoms with van der Waals surface area (Å²) >= 11 is 0. The van der Waals surface area contributed by atoms with Crippen LogP contribution < -0.4 is 5.73 Å². The molecular weight excluding hydrogens is 258 g/mol. The van der Waals surface area contributed by atoms with Crippen LogP contribution in [0.15, 0.2) is 6.07 Å². The van der Waals surface area contributed by atoms with E-state index < -0.39 is 16.4 Å². The van der Waals surface area contributed by atoms with Crippen LogP contribution >= 0.6 is 0 Å². The van der Waals surface area contributed by atoms with Crippen LogP contribution in [0.5, 0.6) is 0 Å². The Morgan fingerprint density at radius 1 is 1.25 bits per heavy atom. The molecule has 0 radical (unpaired) electrons. The molecule has 2 N–H and O–H groups in total. The summed E-state index contributed by atoms with van der Waals surface area (Å²) in [6, 6.07) is 2.01. The number of nitrogens with two attached hydrogens (primary N) is 1. The maximum Gasteiger partial charge on any atom is 0.339 e. The van der Waals surface area contributed by atoms with E-state index in [0.29, 0.717) is 12.1 Å². The first kappa shape index (κ1) is 13.0. The Morgan fingerprint density at radius 2 is 1.95 bits per heavy atom. The molecule has 2 aliphatic rings. The lowest BCUT2D eigenvalue weighted by Gasteiger charge is -2.29. The Kier molecular flexibility index (Phi) is 2.96. The van der Waals surface area contributed by atoms with Crippen molar-refractivity contribution in [3.63, 3.8) is 0 Å². The standard InChI is InChI=1S/C14H17N3O3/c15-13(18)14(17(19)20)7-3-5-10-8-9-4-1-2-6-11(9)16-12(10)14/h8H,1-7H2,(H2,15,18)/t14-/m1/s1. The van der Waals surface area contributed by atoms with Crippen LogP contribution in [0, 0.1) is 10.1 Å². The van der Waals surface area contributed by atoms with Gasteiger partial charge in [-0.15, -0.1) is 0 Å². The molecule has 0 unspecified atom stereocenters. The van der Waals surface area contributed by atoms with Gasteiger partial charge in [0.05, 0.1) is 0 Å². The van der Waals surface area contributed by atoms with Crippen molar-refractivity contribution < 1.29 is 9.72 Å². The lowest BCUT2D eigenvalue weighted by atomic mass is 9.78. The van der Waals surface area contributed by atoms with E-state index in [1.807, 2.05) is 6.07 Å². The summed E-state index contributed by atoms with van der Waals surface area (Å²) in [7, 11) is 0. The molecule has 1 atom stereocenters. The van der Waals surface area contributed by atoms with Crippen molar-refractivity contribution in [2.45, 2.75) is 50.5 Å². The highest BCUT2D eigenvalue weighted by molar-refractivity contribution is 5.85. The number of rotatable bonds is 2. The van der Waals surface area contributed by atoms with Crippen LogP contribution in [0.4, 0.5) is 0 Å². The van der Waals surface area contributed by atoms with Gasteiger partial charge < -0.3 is 5.73 Å². The molecule has 6 nitrogen and oxygen atoms in total. The zero-order valence-electron chi connectivity index (χ0n) is 11.2. The predicted molar refractivity (Wildman–Crippen MR) is 71.7 cm³/mol. The minimum Gasteiger partial charge on any atom is -0.363 e. The second-order valence-electron chi connectivity index (χ2n) is 5.64. The summed E-state index contributed by atoms with van der Waals surface area (Å²) in [6.07, 6.45) is 5.45. The summed E-state index contributed by atoms with van der Waals surface area (Å²) < 4.78 is 0. The van der Waals surface area contributed by atoms with E-state index in [4.69, 9.17) is 5.73 Å². The van der Waals surface area contributed by atoms with Crippen LogP contribution in [-0.4, -0.2) is 15.8 Å². The first-order chi connectivity index (χ1) is 9.55. The topological polar surface area (TPSA) is 99.1 Å². The van der Waals surface area contributed by atoms with E-state index in [-0.39, 0.29) is 6.42 Å². The molecule has 6 heteroatoms. The largest absolute Gasteiger partial charge is 0.363 e. The third-order valence-corrected chi connectivity index (χ3v) is 4.48. The van der Waals surface area contributed by atoms with Crippen molar-refractivity contribution in [2.75, 3.05) is 0 Å². The normalized spacial score (nSPS) is 24.6. The molecule has 0 bridgehead atoms. The Morgan fingerprint density at radius 3 is 2.65 bits per heavy atom. The Balaban J connectivity index is 2.21. The number of hydrogen-bond acceptors (Lipinski definition) is 4. The minimum absolute atomic E-state index is 0.147. The van der Waals surface area contributed by atoms with Gasteiger partial charge >= 0.3 is 11.4 Å². The average molecular weight is 275 g/mol. The van der Waals surface area contributed by atoms with Crippen molar-refractivity contribution in [2.24, 2.45) is 5.73 Å². The summed E-state index contributed by atoms with van der Waals surface area (Å²) in [5.41, 5.74) is 6.75. The van der Waals surface area contributed by atoms with E-state index in [1.54, 1.807) is 0 Å². The molecule has 1 amide bonds. The van der Waals surface area contributed by atoms with Crippen LogP contribution in [0.2, 0.25) is 0 Å². The fourth-order valence-corrected chi connectivity index (χ4v) is 3.39. The van der Waals surface area contributed by atoms with Crippen LogP contribution in [0.1, 0.15) is 48.2 Å². The highest BCUT2D eigenvalue weighted by atomic mass is 16.6. The lowest BCUT2D eigenvalue weighted by molar-refractivity contribution is -0.564. The number of nitro groups is 1. The number of aryl methyl sites for hydroxylation is 3. The number of carbonyl (C=O) groups excluding carboxylic acids is 1. The monoisotopic (exact) mass is 275 g/mol. The molecule has 0 aromatic carbocycles.